The lowest BCUT2D eigenvalue weighted by atomic mass is 10.0. The predicted octanol–water partition coefficient (Wildman–Crippen LogP) is 3.90. The second kappa shape index (κ2) is 11.0. The molecule has 4 rings (SSSR count). The fourth-order valence-electron chi connectivity index (χ4n) is 4.28. The second-order valence-corrected chi connectivity index (χ2v) is 8.67. The number of aliphatic hydroxyl groups is 1. The summed E-state index contributed by atoms with van der Waals surface area (Å²) in [5, 5.41) is 10.1. The van der Waals surface area contributed by atoms with Crippen molar-refractivity contribution in [3.63, 3.8) is 0 Å². The van der Waals surface area contributed by atoms with Crippen molar-refractivity contribution in [3.05, 3.63) is 94.8 Å². The minimum atomic E-state index is -0.776. The zero-order chi connectivity index (χ0) is 24.9. The highest BCUT2D eigenvalue weighted by Gasteiger charge is 2.46. The number of benzene rings is 3. The maximum atomic E-state index is 14.3. The Balaban J connectivity index is 1.74. The molecule has 3 aromatic rings. The molecule has 1 heterocycles. The monoisotopic (exact) mass is 499 g/mol. The molecule has 1 aliphatic heterocycles. The van der Waals surface area contributed by atoms with E-state index in [2.05, 4.69) is 0 Å². The maximum Gasteiger partial charge on any atom is 0.231 e. The molecule has 0 aliphatic carbocycles. The van der Waals surface area contributed by atoms with Crippen molar-refractivity contribution in [1.82, 2.24) is 9.80 Å². The standard InChI is InChI=1S/C26H27ClFN3O4/c1-17(21-12-18(28)13-23(27)22(21)16-32)30-15-25(34-19-8-4-2-5-9-19)31(14-24(29)33)26(30)35-20-10-6-3-7-11-20/h2-13,17,25-26,32H,14-16H2,1H3,(H2,29,33)/t17-,25-,26-/m0/s1. The Morgan fingerprint density at radius 2 is 1.71 bits per heavy atom. The van der Waals surface area contributed by atoms with Gasteiger partial charge in [-0.15, -0.1) is 0 Å². The Labute approximate surface area is 208 Å². The molecule has 0 aromatic heterocycles. The Morgan fingerprint density at radius 1 is 1.11 bits per heavy atom. The van der Waals surface area contributed by atoms with Gasteiger partial charge in [0, 0.05) is 16.6 Å². The van der Waals surface area contributed by atoms with E-state index >= 15 is 0 Å². The first-order valence-corrected chi connectivity index (χ1v) is 11.6. The first-order chi connectivity index (χ1) is 16.9. The van der Waals surface area contributed by atoms with Gasteiger partial charge >= 0.3 is 0 Å². The third-order valence-corrected chi connectivity index (χ3v) is 6.28. The van der Waals surface area contributed by atoms with Crippen molar-refractivity contribution < 1.29 is 23.8 Å². The Kier molecular flexibility index (Phi) is 7.87. The van der Waals surface area contributed by atoms with Gasteiger partial charge in [-0.05, 0) is 48.9 Å². The van der Waals surface area contributed by atoms with Crippen molar-refractivity contribution in [2.24, 2.45) is 5.73 Å². The minimum Gasteiger partial charge on any atom is -0.474 e. The average molecular weight is 500 g/mol. The normalized spacial score (nSPS) is 19.4. The van der Waals surface area contributed by atoms with Crippen LogP contribution in [0.3, 0.4) is 0 Å². The molecular weight excluding hydrogens is 473 g/mol. The summed E-state index contributed by atoms with van der Waals surface area (Å²) in [5.41, 5.74) is 6.53. The lowest BCUT2D eigenvalue weighted by molar-refractivity contribution is -0.128. The van der Waals surface area contributed by atoms with Crippen LogP contribution in [0.2, 0.25) is 5.02 Å². The van der Waals surface area contributed by atoms with Crippen LogP contribution in [0.5, 0.6) is 11.5 Å². The molecule has 0 spiro atoms. The topological polar surface area (TPSA) is 88.3 Å². The zero-order valence-corrected chi connectivity index (χ0v) is 19.9. The van der Waals surface area contributed by atoms with Gasteiger partial charge < -0.3 is 20.3 Å². The molecule has 0 saturated carbocycles. The van der Waals surface area contributed by atoms with E-state index in [1.54, 1.807) is 17.0 Å². The van der Waals surface area contributed by atoms with E-state index in [4.69, 9.17) is 26.8 Å². The number of amides is 1. The SMILES string of the molecule is C[C@@H](c1cc(F)cc(Cl)c1CO)N1C[C@H](Oc2ccccc2)N(CC(N)=O)[C@H]1Oc1ccccc1. The number of nitrogens with two attached hydrogens (primary N) is 1. The lowest BCUT2D eigenvalue weighted by Gasteiger charge is -2.34. The predicted molar refractivity (Wildman–Crippen MR) is 130 cm³/mol. The van der Waals surface area contributed by atoms with Crippen molar-refractivity contribution >= 4 is 17.5 Å². The van der Waals surface area contributed by atoms with Crippen LogP contribution in [0.15, 0.2) is 72.8 Å². The van der Waals surface area contributed by atoms with Crippen LogP contribution in [-0.4, -0.2) is 46.5 Å². The molecule has 3 atom stereocenters. The summed E-state index contributed by atoms with van der Waals surface area (Å²) in [4.78, 5) is 15.7. The Hall–Kier alpha value is -3.17. The summed E-state index contributed by atoms with van der Waals surface area (Å²) < 4.78 is 26.9. The van der Waals surface area contributed by atoms with Crippen molar-refractivity contribution in [3.8, 4) is 11.5 Å². The third kappa shape index (κ3) is 5.74. The van der Waals surface area contributed by atoms with Gasteiger partial charge in [0.1, 0.15) is 17.3 Å². The van der Waals surface area contributed by atoms with Gasteiger partial charge in [0.25, 0.3) is 0 Å². The Morgan fingerprint density at radius 3 is 2.29 bits per heavy atom. The van der Waals surface area contributed by atoms with Crippen LogP contribution >= 0.6 is 11.6 Å². The number of hydrogen-bond acceptors (Lipinski definition) is 6. The number of halogens is 2. The number of carbonyl (C=O) groups is 1. The number of aliphatic hydroxyl groups excluding tert-OH is 1. The minimum absolute atomic E-state index is 0.130. The van der Waals surface area contributed by atoms with Gasteiger partial charge in [-0.3, -0.25) is 4.79 Å². The summed E-state index contributed by atoms with van der Waals surface area (Å²) >= 11 is 6.24. The van der Waals surface area contributed by atoms with E-state index in [-0.39, 0.29) is 18.2 Å². The summed E-state index contributed by atoms with van der Waals surface area (Å²) in [6.07, 6.45) is -1.37. The highest BCUT2D eigenvalue weighted by Crippen LogP contribution is 2.36. The van der Waals surface area contributed by atoms with Crippen molar-refractivity contribution in [2.75, 3.05) is 13.1 Å². The number of carbonyl (C=O) groups excluding carboxylic acids is 1. The molecule has 3 N–H and O–H groups in total. The van der Waals surface area contributed by atoms with E-state index in [1.165, 1.54) is 12.1 Å². The van der Waals surface area contributed by atoms with Crippen LogP contribution in [0.1, 0.15) is 24.1 Å². The first-order valence-electron chi connectivity index (χ1n) is 11.2. The lowest BCUT2D eigenvalue weighted by Crippen LogP contribution is -2.49. The van der Waals surface area contributed by atoms with Crippen LogP contribution in [0.25, 0.3) is 0 Å². The van der Waals surface area contributed by atoms with Gasteiger partial charge in [0.15, 0.2) is 6.23 Å². The zero-order valence-electron chi connectivity index (χ0n) is 19.2. The van der Waals surface area contributed by atoms with E-state index in [9.17, 15) is 14.3 Å². The van der Waals surface area contributed by atoms with E-state index in [1.807, 2.05) is 60.4 Å². The maximum absolute atomic E-state index is 14.3. The molecule has 1 fully saturated rings. The number of primary amides is 1. The molecule has 0 unspecified atom stereocenters. The highest BCUT2D eigenvalue weighted by molar-refractivity contribution is 6.31. The van der Waals surface area contributed by atoms with Crippen LogP contribution in [0.4, 0.5) is 4.39 Å². The second-order valence-electron chi connectivity index (χ2n) is 8.27. The number of ether oxygens (including phenoxy) is 2. The van der Waals surface area contributed by atoms with E-state index < -0.39 is 30.3 Å². The molecule has 7 nitrogen and oxygen atoms in total. The molecular formula is C26H27ClFN3O4. The largest absolute Gasteiger partial charge is 0.474 e. The molecule has 0 radical (unpaired) electrons. The van der Waals surface area contributed by atoms with Crippen LogP contribution in [-0.2, 0) is 11.4 Å². The molecule has 1 amide bonds. The summed E-state index contributed by atoms with van der Waals surface area (Å²) in [7, 11) is 0. The number of para-hydroxylation sites is 2. The molecule has 3 aromatic carbocycles. The van der Waals surface area contributed by atoms with Gasteiger partial charge in [0.05, 0.1) is 19.7 Å². The number of nitrogens with zero attached hydrogens (tertiary/aromatic N) is 2. The van der Waals surface area contributed by atoms with Gasteiger partial charge in [-0.1, -0.05) is 48.0 Å². The molecule has 1 saturated heterocycles. The van der Waals surface area contributed by atoms with Crippen molar-refractivity contribution in [2.45, 2.75) is 32.2 Å². The fraction of sp³-hybridized carbons (Fsp3) is 0.269. The summed E-state index contributed by atoms with van der Waals surface area (Å²) in [5.74, 6) is 0.126. The molecule has 0 bridgehead atoms. The Bertz CT molecular complexity index is 1150. The quantitative estimate of drug-likeness (QED) is 0.464. The highest BCUT2D eigenvalue weighted by atomic mass is 35.5. The summed E-state index contributed by atoms with van der Waals surface area (Å²) in [6.45, 7) is 1.68. The smallest absolute Gasteiger partial charge is 0.231 e. The van der Waals surface area contributed by atoms with Crippen molar-refractivity contribution in [1.29, 1.82) is 0 Å². The number of rotatable bonds is 9. The average Bonchev–Trinajstić information content (AvgIpc) is 3.15. The van der Waals surface area contributed by atoms with Gasteiger partial charge in [-0.2, -0.15) is 0 Å². The van der Waals surface area contributed by atoms with Gasteiger partial charge in [-0.25, -0.2) is 14.2 Å². The van der Waals surface area contributed by atoms with Crippen LogP contribution in [0, 0.1) is 5.82 Å². The van der Waals surface area contributed by atoms with Crippen LogP contribution < -0.4 is 15.2 Å². The number of hydrogen-bond donors (Lipinski definition) is 2. The molecule has 1 aliphatic rings. The molecule has 184 valence electrons. The van der Waals surface area contributed by atoms with Gasteiger partial charge in [0.2, 0.25) is 12.3 Å². The third-order valence-electron chi connectivity index (χ3n) is 5.94. The van der Waals surface area contributed by atoms with E-state index in [0.29, 0.717) is 29.2 Å². The molecule has 9 heteroatoms. The fourth-order valence-corrected chi connectivity index (χ4v) is 4.55. The first kappa shape index (κ1) is 24.9. The molecule has 35 heavy (non-hydrogen) atoms. The summed E-state index contributed by atoms with van der Waals surface area (Å²) in [6, 6.07) is 20.4. The van der Waals surface area contributed by atoms with E-state index in [0.717, 1.165) is 0 Å².